The van der Waals surface area contributed by atoms with Gasteiger partial charge >= 0.3 is 0 Å². The van der Waals surface area contributed by atoms with Gasteiger partial charge in [-0.05, 0) is 6.42 Å². The van der Waals surface area contributed by atoms with Crippen LogP contribution in [0.3, 0.4) is 0 Å². The zero-order valence-electron chi connectivity index (χ0n) is 3.98. The highest BCUT2D eigenvalue weighted by atomic mass is 31.1. The fraction of sp³-hybridized carbons (Fsp3) is 1.00. The van der Waals surface area contributed by atoms with Crippen molar-refractivity contribution in [2.75, 3.05) is 6.16 Å². The molecule has 0 atom stereocenters. The first-order chi connectivity index (χ1) is 2.91. The van der Waals surface area contributed by atoms with Gasteiger partial charge in [-0.2, -0.15) is 0 Å². The van der Waals surface area contributed by atoms with Crippen LogP contribution in [0.2, 0.25) is 0 Å². The van der Waals surface area contributed by atoms with E-state index in [0.29, 0.717) is 8.46 Å². The van der Waals surface area contributed by atoms with Crippen LogP contribution in [0.15, 0.2) is 0 Å². The van der Waals surface area contributed by atoms with E-state index in [1.165, 1.54) is 0 Å². The summed E-state index contributed by atoms with van der Waals surface area (Å²) in [5.74, 6) is 0. The molecular weight excluding hydrogens is 95.0 g/mol. The Morgan fingerprint density at radius 3 is 2.50 bits per heavy atom. The van der Waals surface area contributed by atoms with Crippen LogP contribution >= 0.6 is 8.46 Å². The van der Waals surface area contributed by atoms with Crippen LogP contribution in [0.5, 0.6) is 0 Å². The monoisotopic (exact) mass is 104 g/mol. The molecule has 0 aromatic rings. The summed E-state index contributed by atoms with van der Waals surface area (Å²) in [5, 5.41) is 0. The van der Waals surface area contributed by atoms with Crippen LogP contribution < -0.4 is 0 Å². The Morgan fingerprint density at radius 1 is 1.67 bits per heavy atom. The molecule has 36 valence electrons. The van der Waals surface area contributed by atoms with Gasteiger partial charge in [0.2, 0.25) is 0 Å². The largest absolute Gasteiger partial charge is 0.275 e. The van der Waals surface area contributed by atoms with E-state index in [1.54, 1.807) is 0 Å². The highest BCUT2D eigenvalue weighted by Crippen LogP contribution is 1.96. The summed E-state index contributed by atoms with van der Waals surface area (Å²) in [6.07, 6.45) is 3.07. The molecule has 0 rings (SSSR count). The quantitative estimate of drug-likeness (QED) is 0.395. The third-order valence-electron chi connectivity index (χ3n) is 0.603. The molecule has 0 unspecified atom stereocenters. The van der Waals surface area contributed by atoms with Crippen LogP contribution in [0.25, 0.3) is 0 Å². The Bertz CT molecular complexity index is 36.5. The molecule has 6 heavy (non-hydrogen) atoms. The first kappa shape index (κ1) is 6.10. The highest BCUT2D eigenvalue weighted by Gasteiger charge is 1.76. The zero-order valence-corrected chi connectivity index (χ0v) is 4.87. The van der Waals surface area contributed by atoms with Crippen molar-refractivity contribution < 1.29 is 4.57 Å². The van der Waals surface area contributed by atoms with E-state index in [4.69, 9.17) is 0 Å². The summed E-state index contributed by atoms with van der Waals surface area (Å²) in [6.45, 7) is 2.09. The van der Waals surface area contributed by atoms with Crippen molar-refractivity contribution in [1.82, 2.24) is 0 Å². The van der Waals surface area contributed by atoms with Crippen LogP contribution in [-0.4, -0.2) is 6.16 Å². The summed E-state index contributed by atoms with van der Waals surface area (Å²) < 4.78 is 9.66. The third-order valence-corrected chi connectivity index (χ3v) is 1.10. The van der Waals surface area contributed by atoms with Crippen molar-refractivity contribution in [3.63, 3.8) is 0 Å². The molecule has 0 aliphatic rings. The van der Waals surface area contributed by atoms with Gasteiger partial charge in [-0.15, -0.1) is 0 Å². The highest BCUT2D eigenvalue weighted by molar-refractivity contribution is 7.23. The van der Waals surface area contributed by atoms with E-state index in [1.807, 2.05) is 0 Å². The molecule has 0 aliphatic carbocycles. The van der Waals surface area contributed by atoms with Crippen LogP contribution in [0, 0.1) is 0 Å². The zero-order chi connectivity index (χ0) is 4.83. The van der Waals surface area contributed by atoms with Gasteiger partial charge in [0.25, 0.3) is 0 Å². The minimum Gasteiger partial charge on any atom is -0.275 e. The van der Waals surface area contributed by atoms with E-state index in [2.05, 4.69) is 6.92 Å². The first-order valence-electron chi connectivity index (χ1n) is 2.21. The van der Waals surface area contributed by atoms with E-state index >= 15 is 0 Å². The minimum atomic E-state index is 0.295. The summed E-state index contributed by atoms with van der Waals surface area (Å²) >= 11 is 0. The van der Waals surface area contributed by atoms with Gasteiger partial charge < -0.3 is 0 Å². The molecule has 0 bridgehead atoms. The first-order valence-corrected chi connectivity index (χ1v) is 3.20. The standard InChI is InChI=1S/C4H9OP/c1-2-3-4-6-5/h2-4H2,1H3. The third kappa shape index (κ3) is 4.10. The van der Waals surface area contributed by atoms with Crippen molar-refractivity contribution >= 4 is 8.46 Å². The fourth-order valence-electron chi connectivity index (χ4n) is 0.223. The normalized spacial score (nSPS) is 9.50. The summed E-state index contributed by atoms with van der Waals surface area (Å²) in [5.41, 5.74) is 0. The smallest absolute Gasteiger partial charge is 0.155 e. The molecular formula is C4H9OP. The van der Waals surface area contributed by atoms with Crippen molar-refractivity contribution in [2.24, 2.45) is 0 Å². The maximum atomic E-state index is 9.66. The molecule has 0 spiro atoms. The molecule has 1 nitrogen and oxygen atoms in total. The Labute approximate surface area is 40.0 Å². The summed E-state index contributed by atoms with van der Waals surface area (Å²) in [7, 11) is 0.295. The summed E-state index contributed by atoms with van der Waals surface area (Å²) in [6, 6.07) is 0. The Hall–Kier alpha value is 0.100. The molecule has 0 heterocycles. The van der Waals surface area contributed by atoms with E-state index in [0.717, 1.165) is 19.0 Å². The lowest BCUT2D eigenvalue weighted by Gasteiger charge is -1.77. The lowest BCUT2D eigenvalue weighted by atomic mass is 10.4. The number of hydrogen-bond donors (Lipinski definition) is 0. The lowest BCUT2D eigenvalue weighted by Crippen LogP contribution is -1.66. The maximum Gasteiger partial charge on any atom is 0.155 e. The predicted octanol–water partition coefficient (Wildman–Crippen LogP) is 2.08. The average molecular weight is 104 g/mol. The Kier molecular flexibility index (Phi) is 5.18. The number of hydrogen-bond acceptors (Lipinski definition) is 1. The van der Waals surface area contributed by atoms with E-state index in [-0.39, 0.29) is 0 Å². The Morgan fingerprint density at radius 2 is 2.33 bits per heavy atom. The van der Waals surface area contributed by atoms with Crippen LogP contribution in [-0.2, 0) is 4.57 Å². The molecule has 0 N–H and O–H groups in total. The topological polar surface area (TPSA) is 17.1 Å². The molecule has 0 radical (unpaired) electrons. The van der Waals surface area contributed by atoms with Gasteiger partial charge in [-0.1, -0.05) is 13.3 Å². The second-order valence-corrected chi connectivity index (χ2v) is 1.91. The minimum absolute atomic E-state index is 0.295. The molecule has 0 aromatic carbocycles. The van der Waals surface area contributed by atoms with Gasteiger partial charge in [0.15, 0.2) is 8.46 Å². The van der Waals surface area contributed by atoms with Crippen molar-refractivity contribution in [3.8, 4) is 0 Å². The summed E-state index contributed by atoms with van der Waals surface area (Å²) in [4.78, 5) is 0. The molecule has 2 heteroatoms. The molecule has 0 saturated heterocycles. The molecule has 0 aliphatic heterocycles. The predicted molar refractivity (Wildman–Crippen MR) is 27.4 cm³/mol. The Balaban J connectivity index is 2.49. The second-order valence-electron chi connectivity index (χ2n) is 1.21. The van der Waals surface area contributed by atoms with Gasteiger partial charge in [-0.3, -0.25) is 4.57 Å². The van der Waals surface area contributed by atoms with Gasteiger partial charge in [0.05, 0.1) is 0 Å². The average Bonchev–Trinajstić information content (AvgIpc) is 1.61. The number of rotatable bonds is 3. The van der Waals surface area contributed by atoms with Gasteiger partial charge in [0, 0.05) is 6.16 Å². The van der Waals surface area contributed by atoms with Gasteiger partial charge in [-0.25, -0.2) is 0 Å². The van der Waals surface area contributed by atoms with Gasteiger partial charge in [0.1, 0.15) is 0 Å². The molecule has 0 saturated carbocycles. The van der Waals surface area contributed by atoms with Crippen LogP contribution in [0.1, 0.15) is 19.8 Å². The van der Waals surface area contributed by atoms with Crippen LogP contribution in [0.4, 0.5) is 0 Å². The fourth-order valence-corrected chi connectivity index (χ4v) is 0.668. The maximum absolute atomic E-state index is 9.66. The molecule has 0 aromatic heterocycles. The SMILES string of the molecule is CCCCP=O. The van der Waals surface area contributed by atoms with E-state index < -0.39 is 0 Å². The molecule has 0 amide bonds. The van der Waals surface area contributed by atoms with Crippen molar-refractivity contribution in [2.45, 2.75) is 19.8 Å². The van der Waals surface area contributed by atoms with Crippen molar-refractivity contribution in [1.29, 1.82) is 0 Å². The van der Waals surface area contributed by atoms with E-state index in [9.17, 15) is 4.57 Å². The second kappa shape index (κ2) is 5.10. The van der Waals surface area contributed by atoms with Crippen molar-refractivity contribution in [3.05, 3.63) is 0 Å². The number of unbranched alkanes of at least 4 members (excludes halogenated alkanes) is 1. The lowest BCUT2D eigenvalue weighted by molar-refractivity contribution is 0.597. The molecule has 0 fully saturated rings.